The highest BCUT2D eigenvalue weighted by atomic mass is 19.4. The Hall–Kier alpha value is -2.63. The number of ether oxygens (including phenoxy) is 3. The average molecular weight is 471 g/mol. The van der Waals surface area contributed by atoms with Crippen molar-refractivity contribution >= 4 is 17.6 Å². The number of carbonyl (C=O) groups excluding carboxylic acids is 2. The largest absolute Gasteiger partial charge is 0.466 e. The van der Waals surface area contributed by atoms with Gasteiger partial charge in [0.25, 0.3) is 0 Å². The first kappa shape index (κ1) is 25.0. The maximum Gasteiger partial charge on any atom is 0.416 e. The van der Waals surface area contributed by atoms with Crippen molar-refractivity contribution < 1.29 is 37.0 Å². The molecule has 182 valence electrons. The smallest absolute Gasteiger partial charge is 0.416 e. The molecule has 0 bridgehead atoms. The van der Waals surface area contributed by atoms with Crippen molar-refractivity contribution in [2.45, 2.75) is 19.6 Å². The molecule has 0 amide bonds. The standard InChI is InChI=1S/C22H28F3N3O5/c1-4-26-7-9-27(10-8-26)12-15-5-6-16(11-18(15)22(23,24)25)28-14-33-13-17(20(29)31-2)19(28)21(30)32-3/h5-6,11H,4,7-10,12-14H2,1-3H3. The van der Waals surface area contributed by atoms with Gasteiger partial charge in [-0.3, -0.25) is 4.90 Å². The summed E-state index contributed by atoms with van der Waals surface area (Å²) in [6.07, 6.45) is -4.60. The number of nitrogens with zero attached hydrogens (tertiary/aromatic N) is 3. The zero-order chi connectivity index (χ0) is 24.2. The number of methoxy groups -OCH3 is 2. The van der Waals surface area contributed by atoms with E-state index in [1.165, 1.54) is 17.0 Å². The van der Waals surface area contributed by atoms with Gasteiger partial charge in [0, 0.05) is 38.4 Å². The van der Waals surface area contributed by atoms with Crippen molar-refractivity contribution in [1.29, 1.82) is 0 Å². The van der Waals surface area contributed by atoms with E-state index in [1.54, 1.807) is 0 Å². The Morgan fingerprint density at radius 2 is 1.67 bits per heavy atom. The topological polar surface area (TPSA) is 71.5 Å². The van der Waals surface area contributed by atoms with Crippen LogP contribution in [0.15, 0.2) is 29.5 Å². The summed E-state index contributed by atoms with van der Waals surface area (Å²) in [5, 5.41) is 0. The number of benzene rings is 1. The van der Waals surface area contributed by atoms with Gasteiger partial charge in [-0.25, -0.2) is 9.59 Å². The predicted molar refractivity (Wildman–Crippen MR) is 113 cm³/mol. The molecular weight excluding hydrogens is 443 g/mol. The summed E-state index contributed by atoms with van der Waals surface area (Å²) >= 11 is 0. The third-order valence-corrected chi connectivity index (χ3v) is 5.85. The lowest BCUT2D eigenvalue weighted by Gasteiger charge is -2.35. The number of hydrogen-bond donors (Lipinski definition) is 0. The Morgan fingerprint density at radius 3 is 2.24 bits per heavy atom. The zero-order valence-corrected chi connectivity index (χ0v) is 18.9. The number of rotatable bonds is 6. The molecule has 8 nitrogen and oxygen atoms in total. The first-order valence-corrected chi connectivity index (χ1v) is 10.6. The second-order valence-electron chi connectivity index (χ2n) is 7.77. The molecule has 0 atom stereocenters. The van der Waals surface area contributed by atoms with E-state index < -0.39 is 23.7 Å². The van der Waals surface area contributed by atoms with Crippen LogP contribution in [0.3, 0.4) is 0 Å². The van der Waals surface area contributed by atoms with E-state index in [1.807, 2.05) is 4.90 Å². The Kier molecular flexibility index (Phi) is 7.98. The van der Waals surface area contributed by atoms with Gasteiger partial charge in [0.1, 0.15) is 12.4 Å². The molecule has 33 heavy (non-hydrogen) atoms. The number of piperazine rings is 1. The van der Waals surface area contributed by atoms with Gasteiger partial charge in [-0.1, -0.05) is 13.0 Å². The van der Waals surface area contributed by atoms with Gasteiger partial charge in [0.2, 0.25) is 0 Å². The molecule has 2 aliphatic heterocycles. The van der Waals surface area contributed by atoms with E-state index in [0.717, 1.165) is 39.9 Å². The summed E-state index contributed by atoms with van der Waals surface area (Å²) in [6, 6.07) is 3.87. The van der Waals surface area contributed by atoms with Crippen LogP contribution in [-0.4, -0.2) is 82.0 Å². The summed E-state index contributed by atoms with van der Waals surface area (Å²) < 4.78 is 56.8. The van der Waals surface area contributed by atoms with Crippen molar-refractivity contribution in [3.8, 4) is 0 Å². The minimum Gasteiger partial charge on any atom is -0.466 e. The number of anilines is 1. The fourth-order valence-corrected chi connectivity index (χ4v) is 3.99. The third kappa shape index (κ3) is 5.66. The Balaban J connectivity index is 1.96. The fourth-order valence-electron chi connectivity index (χ4n) is 3.99. The molecule has 0 unspecified atom stereocenters. The molecule has 2 heterocycles. The number of esters is 2. The molecule has 0 radical (unpaired) electrons. The molecular formula is C22H28F3N3O5. The van der Waals surface area contributed by atoms with Crippen LogP contribution in [0.25, 0.3) is 0 Å². The highest BCUT2D eigenvalue weighted by molar-refractivity contribution is 6.03. The molecule has 0 aromatic heterocycles. The van der Waals surface area contributed by atoms with E-state index in [4.69, 9.17) is 14.2 Å². The van der Waals surface area contributed by atoms with Crippen LogP contribution >= 0.6 is 0 Å². The monoisotopic (exact) mass is 471 g/mol. The highest BCUT2D eigenvalue weighted by Gasteiger charge is 2.37. The summed E-state index contributed by atoms with van der Waals surface area (Å²) in [6.45, 7) is 5.68. The van der Waals surface area contributed by atoms with Gasteiger partial charge in [0.05, 0.1) is 32.0 Å². The Morgan fingerprint density at radius 1 is 1.03 bits per heavy atom. The van der Waals surface area contributed by atoms with Crippen molar-refractivity contribution in [1.82, 2.24) is 9.80 Å². The Labute approximate surface area is 190 Å². The van der Waals surface area contributed by atoms with E-state index >= 15 is 0 Å². The minimum absolute atomic E-state index is 0.0587. The fraction of sp³-hybridized carbons (Fsp3) is 0.545. The maximum atomic E-state index is 14.0. The van der Waals surface area contributed by atoms with Crippen molar-refractivity contribution in [3.63, 3.8) is 0 Å². The van der Waals surface area contributed by atoms with Gasteiger partial charge in [-0.05, 0) is 24.2 Å². The van der Waals surface area contributed by atoms with Crippen LogP contribution in [0.2, 0.25) is 0 Å². The normalized spacial score (nSPS) is 18.4. The van der Waals surface area contributed by atoms with Gasteiger partial charge >= 0.3 is 18.1 Å². The number of alkyl halides is 3. The van der Waals surface area contributed by atoms with E-state index in [-0.39, 0.29) is 42.4 Å². The molecule has 0 saturated carbocycles. The van der Waals surface area contributed by atoms with Crippen molar-refractivity contribution in [3.05, 3.63) is 40.6 Å². The third-order valence-electron chi connectivity index (χ3n) is 5.85. The molecule has 1 aromatic rings. The number of likely N-dealkylation sites (N-methyl/N-ethyl adjacent to an activating group) is 1. The van der Waals surface area contributed by atoms with E-state index in [9.17, 15) is 22.8 Å². The predicted octanol–water partition coefficient (Wildman–Crippen LogP) is 2.24. The molecule has 0 aliphatic carbocycles. The lowest BCUT2D eigenvalue weighted by atomic mass is 10.0. The minimum atomic E-state index is -4.60. The van der Waals surface area contributed by atoms with E-state index in [2.05, 4.69) is 11.8 Å². The average Bonchev–Trinajstić information content (AvgIpc) is 2.82. The highest BCUT2D eigenvalue weighted by Crippen LogP contribution is 2.37. The Bertz CT molecular complexity index is 911. The van der Waals surface area contributed by atoms with Crippen LogP contribution < -0.4 is 4.90 Å². The molecule has 1 aromatic carbocycles. The van der Waals surface area contributed by atoms with Crippen LogP contribution in [0.1, 0.15) is 18.1 Å². The molecule has 1 saturated heterocycles. The number of hydrogen-bond acceptors (Lipinski definition) is 8. The molecule has 0 spiro atoms. The van der Waals surface area contributed by atoms with Gasteiger partial charge in [-0.15, -0.1) is 0 Å². The first-order valence-electron chi connectivity index (χ1n) is 10.6. The van der Waals surface area contributed by atoms with Crippen molar-refractivity contribution in [2.75, 3.05) is 65.2 Å². The lowest BCUT2D eigenvalue weighted by Crippen LogP contribution is -2.45. The van der Waals surface area contributed by atoms with Crippen LogP contribution in [-0.2, 0) is 36.5 Å². The second kappa shape index (κ2) is 10.5. The quantitative estimate of drug-likeness (QED) is 0.586. The maximum absolute atomic E-state index is 14.0. The van der Waals surface area contributed by atoms with Gasteiger partial charge in [-0.2, -0.15) is 13.2 Å². The van der Waals surface area contributed by atoms with Crippen molar-refractivity contribution in [2.24, 2.45) is 0 Å². The molecule has 11 heteroatoms. The van der Waals surface area contributed by atoms with Gasteiger partial charge in [0.15, 0.2) is 0 Å². The molecule has 1 fully saturated rings. The summed E-state index contributed by atoms with van der Waals surface area (Å²) in [5.41, 5.74) is -0.921. The van der Waals surface area contributed by atoms with Crippen LogP contribution in [0.5, 0.6) is 0 Å². The zero-order valence-electron chi connectivity index (χ0n) is 18.9. The van der Waals surface area contributed by atoms with Crippen LogP contribution in [0, 0.1) is 0 Å². The first-order chi connectivity index (χ1) is 15.7. The number of halogens is 3. The second-order valence-corrected chi connectivity index (χ2v) is 7.77. The SMILES string of the molecule is CCN1CCN(Cc2ccc(N3COCC(C(=O)OC)=C3C(=O)OC)cc2C(F)(F)F)CC1. The van der Waals surface area contributed by atoms with Gasteiger partial charge < -0.3 is 24.0 Å². The summed E-state index contributed by atoms with van der Waals surface area (Å²) in [4.78, 5) is 30.0. The lowest BCUT2D eigenvalue weighted by molar-refractivity contribution is -0.140. The van der Waals surface area contributed by atoms with E-state index in [0.29, 0.717) is 13.1 Å². The molecule has 2 aliphatic rings. The summed E-state index contributed by atoms with van der Waals surface area (Å²) in [5.74, 6) is -1.69. The number of carbonyl (C=O) groups is 2. The molecule has 0 N–H and O–H groups in total. The summed E-state index contributed by atoms with van der Waals surface area (Å²) in [7, 11) is 2.26. The van der Waals surface area contributed by atoms with Crippen LogP contribution in [0.4, 0.5) is 18.9 Å². The molecule has 3 rings (SSSR count).